The number of likely N-dealkylation sites (tertiary alicyclic amines) is 1. The van der Waals surface area contributed by atoms with Crippen LogP contribution in [0.3, 0.4) is 0 Å². The van der Waals surface area contributed by atoms with Crippen LogP contribution in [0, 0.1) is 23.7 Å². The van der Waals surface area contributed by atoms with Gasteiger partial charge >= 0.3 is 5.97 Å². The molecule has 0 spiro atoms. The molecule has 0 aromatic rings. The Morgan fingerprint density at radius 1 is 0.943 bits per heavy atom. The van der Waals surface area contributed by atoms with Crippen LogP contribution in [0.1, 0.15) is 80.6 Å². The van der Waals surface area contributed by atoms with E-state index in [-0.39, 0.29) is 47.9 Å². The Hall–Kier alpha value is -2.46. The third-order valence-corrected chi connectivity index (χ3v) is 11.8. The van der Waals surface area contributed by atoms with Gasteiger partial charge in [-0.25, -0.2) is 4.79 Å². The standard InChI is InChI=1S/C38H70N6O8S/c1-12-25(6)33(42(8)37(48)31(23(2)3)41-36(47)32(24(4)5)43-19-16-39-17-20-43)29(51-9)22-30(45)44-18-13-14-28(44)34(52-10)26(7)35(46)40-27(38(49)50)15-21-53-11/h23-29,31-34,39H,12-22H2,1-11H3,(H,40,46)(H,41,47)(H,49,50)/t25-,26+,27-,28-,29?,31-,32-,33-,34+/m0/s1. The first-order valence-electron chi connectivity index (χ1n) is 19.4. The summed E-state index contributed by atoms with van der Waals surface area (Å²) >= 11 is 1.51. The summed E-state index contributed by atoms with van der Waals surface area (Å²) in [4.78, 5) is 73.0. The number of carbonyl (C=O) groups excluding carboxylic acids is 4. The second-order valence-electron chi connectivity index (χ2n) is 15.5. The monoisotopic (exact) mass is 770 g/mol. The molecular formula is C38H70N6O8S. The van der Waals surface area contributed by atoms with Crippen LogP contribution >= 0.6 is 11.8 Å². The molecule has 0 aromatic heterocycles. The fraction of sp³-hybridized carbons (Fsp3) is 0.868. The van der Waals surface area contributed by atoms with Gasteiger partial charge in [0, 0.05) is 54.0 Å². The average Bonchev–Trinajstić information content (AvgIpc) is 3.61. The topological polar surface area (TPSA) is 170 Å². The van der Waals surface area contributed by atoms with Crippen molar-refractivity contribution in [3.8, 4) is 0 Å². The lowest BCUT2D eigenvalue weighted by Crippen LogP contribution is -2.61. The molecule has 2 aliphatic heterocycles. The number of nitrogens with zero attached hydrogens (tertiary/aromatic N) is 3. The lowest BCUT2D eigenvalue weighted by molar-refractivity contribution is -0.148. The van der Waals surface area contributed by atoms with E-state index in [1.54, 1.807) is 30.9 Å². The van der Waals surface area contributed by atoms with Gasteiger partial charge in [-0.05, 0) is 49.0 Å². The molecule has 0 aromatic carbocycles. The molecule has 14 nitrogen and oxygen atoms in total. The molecule has 306 valence electrons. The third kappa shape index (κ3) is 12.8. The molecule has 15 heteroatoms. The number of hydrogen-bond donors (Lipinski definition) is 4. The molecule has 2 saturated heterocycles. The average molecular weight is 771 g/mol. The van der Waals surface area contributed by atoms with Crippen molar-refractivity contribution in [3.63, 3.8) is 0 Å². The second kappa shape index (κ2) is 22.8. The Kier molecular flexibility index (Phi) is 20.1. The first-order valence-corrected chi connectivity index (χ1v) is 20.8. The molecular weight excluding hydrogens is 701 g/mol. The number of ether oxygens (including phenoxy) is 2. The van der Waals surface area contributed by atoms with Crippen molar-refractivity contribution in [3.05, 3.63) is 0 Å². The number of nitrogens with one attached hydrogen (secondary N) is 3. The Morgan fingerprint density at radius 3 is 2.09 bits per heavy atom. The smallest absolute Gasteiger partial charge is 0.326 e. The largest absolute Gasteiger partial charge is 0.480 e. The van der Waals surface area contributed by atoms with Crippen molar-refractivity contribution in [1.82, 2.24) is 30.7 Å². The number of methoxy groups -OCH3 is 2. The number of amides is 4. The number of piperazine rings is 1. The SMILES string of the molecule is CC[C@H](C)[C@@H](C(CC(=O)N1CCC[C@H]1[C@H](OC)[C@@H](C)C(=O)N[C@@H](CCSC)C(=O)O)OC)N(C)C(=O)[C@@H](NC(=O)[C@H](C(C)C)N1CCNCC1)C(C)C. The summed E-state index contributed by atoms with van der Waals surface area (Å²) in [7, 11) is 4.79. The Morgan fingerprint density at radius 2 is 1.58 bits per heavy atom. The Balaban J connectivity index is 2.27. The molecule has 0 aliphatic carbocycles. The fourth-order valence-electron chi connectivity index (χ4n) is 7.92. The highest BCUT2D eigenvalue weighted by Gasteiger charge is 2.43. The van der Waals surface area contributed by atoms with Gasteiger partial charge in [-0.3, -0.25) is 24.1 Å². The summed E-state index contributed by atoms with van der Waals surface area (Å²) in [5.74, 6) is -2.37. The predicted octanol–water partition coefficient (Wildman–Crippen LogP) is 2.30. The van der Waals surface area contributed by atoms with E-state index in [1.165, 1.54) is 18.9 Å². The Labute approximate surface area is 322 Å². The van der Waals surface area contributed by atoms with Crippen molar-refractivity contribution >= 4 is 41.4 Å². The minimum atomic E-state index is -1.09. The normalized spacial score (nSPS) is 21.3. The molecule has 2 aliphatic rings. The van der Waals surface area contributed by atoms with E-state index in [2.05, 4.69) is 20.9 Å². The highest BCUT2D eigenvalue weighted by atomic mass is 32.2. The zero-order valence-corrected chi connectivity index (χ0v) is 35.0. The van der Waals surface area contributed by atoms with E-state index in [0.29, 0.717) is 25.1 Å². The summed E-state index contributed by atoms with van der Waals surface area (Å²) in [5, 5.41) is 18.8. The van der Waals surface area contributed by atoms with E-state index in [0.717, 1.165) is 39.0 Å². The van der Waals surface area contributed by atoms with Crippen LogP contribution < -0.4 is 16.0 Å². The first kappa shape index (κ1) is 46.7. The fourth-order valence-corrected chi connectivity index (χ4v) is 8.40. The molecule has 53 heavy (non-hydrogen) atoms. The summed E-state index contributed by atoms with van der Waals surface area (Å²) in [6.45, 7) is 17.3. The zero-order valence-electron chi connectivity index (χ0n) is 34.2. The van der Waals surface area contributed by atoms with Gasteiger partial charge in [-0.1, -0.05) is 54.9 Å². The predicted molar refractivity (Wildman–Crippen MR) is 209 cm³/mol. The van der Waals surface area contributed by atoms with Gasteiger partial charge in [0.25, 0.3) is 0 Å². The van der Waals surface area contributed by atoms with E-state index in [9.17, 15) is 29.1 Å². The summed E-state index contributed by atoms with van der Waals surface area (Å²) in [6, 6.07) is -3.00. The molecule has 2 rings (SSSR count). The molecule has 0 saturated carbocycles. The van der Waals surface area contributed by atoms with Gasteiger partial charge in [0.05, 0.1) is 42.7 Å². The first-order chi connectivity index (χ1) is 25.0. The van der Waals surface area contributed by atoms with Crippen molar-refractivity contribution in [1.29, 1.82) is 0 Å². The second-order valence-corrected chi connectivity index (χ2v) is 16.5. The number of likely N-dealkylation sites (N-methyl/N-ethyl adjacent to an activating group) is 1. The van der Waals surface area contributed by atoms with Crippen molar-refractivity contribution in [2.45, 2.75) is 123 Å². The van der Waals surface area contributed by atoms with Gasteiger partial charge in [0.2, 0.25) is 23.6 Å². The molecule has 0 bridgehead atoms. The van der Waals surface area contributed by atoms with E-state index < -0.39 is 54.2 Å². The maximum absolute atomic E-state index is 14.4. The maximum Gasteiger partial charge on any atom is 0.326 e. The highest BCUT2D eigenvalue weighted by Crippen LogP contribution is 2.30. The quantitative estimate of drug-likeness (QED) is 0.128. The maximum atomic E-state index is 14.4. The van der Waals surface area contributed by atoms with Gasteiger partial charge in [0.1, 0.15) is 12.1 Å². The minimum absolute atomic E-state index is 0.00351. The number of rotatable bonds is 22. The molecule has 1 unspecified atom stereocenters. The van der Waals surface area contributed by atoms with Gasteiger partial charge in [-0.2, -0.15) is 11.8 Å². The van der Waals surface area contributed by atoms with Gasteiger partial charge in [-0.15, -0.1) is 0 Å². The van der Waals surface area contributed by atoms with Crippen LogP contribution in [0.4, 0.5) is 0 Å². The number of carboxylic acids is 1. The van der Waals surface area contributed by atoms with Crippen LogP contribution in [0.2, 0.25) is 0 Å². The minimum Gasteiger partial charge on any atom is -0.480 e. The molecule has 9 atom stereocenters. The lowest BCUT2D eigenvalue weighted by atomic mass is 9.89. The van der Waals surface area contributed by atoms with Crippen LogP contribution in [0.15, 0.2) is 0 Å². The van der Waals surface area contributed by atoms with Crippen LogP contribution in [-0.4, -0.2) is 158 Å². The number of aliphatic carboxylic acids is 1. The zero-order chi connectivity index (χ0) is 40.0. The molecule has 2 heterocycles. The molecule has 4 amide bonds. The van der Waals surface area contributed by atoms with Gasteiger partial charge < -0.3 is 40.3 Å². The summed E-state index contributed by atoms with van der Waals surface area (Å²) in [5.41, 5.74) is 0. The number of carbonyl (C=O) groups is 5. The van der Waals surface area contributed by atoms with Crippen LogP contribution in [0.25, 0.3) is 0 Å². The Bertz CT molecular complexity index is 1190. The van der Waals surface area contributed by atoms with Crippen molar-refractivity contribution in [2.24, 2.45) is 23.7 Å². The third-order valence-electron chi connectivity index (χ3n) is 11.2. The van der Waals surface area contributed by atoms with E-state index >= 15 is 0 Å². The molecule has 2 fully saturated rings. The van der Waals surface area contributed by atoms with Crippen molar-refractivity contribution < 1.29 is 38.6 Å². The van der Waals surface area contributed by atoms with Crippen molar-refractivity contribution in [2.75, 3.05) is 66.0 Å². The lowest BCUT2D eigenvalue weighted by Gasteiger charge is -2.41. The van der Waals surface area contributed by atoms with Crippen LogP contribution in [-0.2, 0) is 33.4 Å². The number of thioether (sulfide) groups is 1. The molecule has 0 radical (unpaired) electrons. The van der Waals surface area contributed by atoms with Crippen LogP contribution in [0.5, 0.6) is 0 Å². The summed E-state index contributed by atoms with van der Waals surface area (Å²) < 4.78 is 11.9. The molecule has 4 N–H and O–H groups in total. The number of carboxylic acid groups (broad SMARTS) is 1. The number of hydrogen-bond acceptors (Lipinski definition) is 10. The van der Waals surface area contributed by atoms with E-state index in [1.807, 2.05) is 47.8 Å². The highest BCUT2D eigenvalue weighted by molar-refractivity contribution is 7.98. The van der Waals surface area contributed by atoms with E-state index in [4.69, 9.17) is 9.47 Å². The summed E-state index contributed by atoms with van der Waals surface area (Å²) in [6.07, 6.45) is 2.96. The van der Waals surface area contributed by atoms with Gasteiger partial charge in [0.15, 0.2) is 0 Å².